The molecule has 0 bridgehead atoms. The molecule has 1 aliphatic rings. The number of carbonyl (C=O) groups excluding carboxylic acids is 1. The van der Waals surface area contributed by atoms with E-state index < -0.39 is 6.04 Å². The summed E-state index contributed by atoms with van der Waals surface area (Å²) in [6, 6.07) is -0.649. The third-order valence-electron chi connectivity index (χ3n) is 2.95. The first-order valence-electron chi connectivity index (χ1n) is 5.60. The van der Waals surface area contributed by atoms with E-state index in [0.29, 0.717) is 5.92 Å². The summed E-state index contributed by atoms with van der Waals surface area (Å²) in [6.45, 7) is 2.35. The molecule has 88 valence electrons. The van der Waals surface area contributed by atoms with E-state index in [1.165, 1.54) is 13.5 Å². The molecule has 0 radical (unpaired) electrons. The molecular formula is C11H21NO3. The lowest BCUT2D eigenvalue weighted by molar-refractivity contribution is -0.156. The topological polar surface area (TPSA) is 61.5 Å². The first-order chi connectivity index (χ1) is 7.15. The summed E-state index contributed by atoms with van der Waals surface area (Å²) in [5.41, 5.74) is 5.59. The zero-order chi connectivity index (χ0) is 11.3. The number of hydrogen-bond acceptors (Lipinski definition) is 4. The molecule has 0 aromatic rings. The molecule has 2 N–H and O–H groups in total. The van der Waals surface area contributed by atoms with E-state index in [1.54, 1.807) is 0 Å². The summed E-state index contributed by atoms with van der Waals surface area (Å²) in [7, 11) is 1.52. The van der Waals surface area contributed by atoms with Crippen molar-refractivity contribution >= 4 is 5.97 Å². The highest BCUT2D eigenvalue weighted by atomic mass is 16.5. The van der Waals surface area contributed by atoms with Crippen LogP contribution in [-0.4, -0.2) is 31.8 Å². The van der Waals surface area contributed by atoms with Crippen molar-refractivity contribution in [2.75, 3.05) is 13.7 Å². The highest BCUT2D eigenvalue weighted by Gasteiger charge is 2.26. The van der Waals surface area contributed by atoms with Gasteiger partial charge in [0.15, 0.2) is 0 Å². The third kappa shape index (κ3) is 3.80. The van der Waals surface area contributed by atoms with Gasteiger partial charge in [0.25, 0.3) is 0 Å². The average molecular weight is 215 g/mol. The summed E-state index contributed by atoms with van der Waals surface area (Å²) in [6.07, 6.45) is 4.53. The second-order valence-electron chi connectivity index (χ2n) is 4.30. The van der Waals surface area contributed by atoms with E-state index in [9.17, 15) is 4.79 Å². The number of methoxy groups -OCH3 is 1. The van der Waals surface area contributed by atoms with Crippen molar-refractivity contribution in [3.05, 3.63) is 0 Å². The Bertz CT molecular complexity index is 208. The fraction of sp³-hybridized carbons (Fsp3) is 0.909. The van der Waals surface area contributed by atoms with Gasteiger partial charge in [-0.1, -0.05) is 13.3 Å². The molecule has 0 amide bonds. The molecular weight excluding hydrogens is 194 g/mol. The lowest BCUT2D eigenvalue weighted by Gasteiger charge is -2.29. The zero-order valence-electron chi connectivity index (χ0n) is 9.57. The van der Waals surface area contributed by atoms with Gasteiger partial charge in [0.1, 0.15) is 12.1 Å². The Kier molecular flexibility index (Phi) is 5.05. The molecule has 3 atom stereocenters. The smallest absolute Gasteiger partial charge is 0.325 e. The minimum absolute atomic E-state index is 0.0501. The SMILES string of the molecule is COCC(N)C(=O)OC1CCCCC1C. The van der Waals surface area contributed by atoms with E-state index in [0.717, 1.165) is 19.3 Å². The maximum Gasteiger partial charge on any atom is 0.325 e. The Hall–Kier alpha value is -0.610. The van der Waals surface area contributed by atoms with Crippen molar-refractivity contribution in [1.82, 2.24) is 0 Å². The van der Waals surface area contributed by atoms with Crippen LogP contribution in [0.4, 0.5) is 0 Å². The molecule has 0 aliphatic heterocycles. The first kappa shape index (κ1) is 12.5. The van der Waals surface area contributed by atoms with E-state index in [1.807, 2.05) is 0 Å². The van der Waals surface area contributed by atoms with Crippen molar-refractivity contribution in [2.24, 2.45) is 11.7 Å². The van der Waals surface area contributed by atoms with E-state index in [-0.39, 0.29) is 18.7 Å². The normalized spacial score (nSPS) is 28.5. The predicted molar refractivity (Wildman–Crippen MR) is 57.4 cm³/mol. The van der Waals surface area contributed by atoms with Crippen LogP contribution in [0.2, 0.25) is 0 Å². The van der Waals surface area contributed by atoms with E-state index in [2.05, 4.69) is 6.92 Å². The van der Waals surface area contributed by atoms with Gasteiger partial charge in [-0.25, -0.2) is 0 Å². The van der Waals surface area contributed by atoms with Gasteiger partial charge in [-0.2, -0.15) is 0 Å². The van der Waals surface area contributed by atoms with Crippen LogP contribution in [0.3, 0.4) is 0 Å². The quantitative estimate of drug-likeness (QED) is 0.713. The molecule has 0 heterocycles. The predicted octanol–water partition coefficient (Wildman–Crippen LogP) is 1.08. The number of hydrogen-bond donors (Lipinski definition) is 1. The van der Waals surface area contributed by atoms with Crippen LogP contribution in [0.25, 0.3) is 0 Å². The van der Waals surface area contributed by atoms with Crippen molar-refractivity contribution in [3.8, 4) is 0 Å². The van der Waals surface area contributed by atoms with E-state index >= 15 is 0 Å². The van der Waals surface area contributed by atoms with Gasteiger partial charge in [0.05, 0.1) is 6.61 Å². The van der Waals surface area contributed by atoms with Crippen LogP contribution in [0.1, 0.15) is 32.6 Å². The molecule has 4 heteroatoms. The van der Waals surface area contributed by atoms with Crippen LogP contribution in [-0.2, 0) is 14.3 Å². The molecule has 0 aromatic carbocycles. The summed E-state index contributed by atoms with van der Waals surface area (Å²) >= 11 is 0. The van der Waals surface area contributed by atoms with Gasteiger partial charge >= 0.3 is 5.97 Å². The molecule has 15 heavy (non-hydrogen) atoms. The maximum absolute atomic E-state index is 11.5. The van der Waals surface area contributed by atoms with Gasteiger partial charge in [0, 0.05) is 7.11 Å². The van der Waals surface area contributed by atoms with Crippen molar-refractivity contribution in [3.63, 3.8) is 0 Å². The Morgan fingerprint density at radius 3 is 2.73 bits per heavy atom. The number of rotatable bonds is 4. The number of carbonyl (C=O) groups is 1. The van der Waals surface area contributed by atoms with Gasteiger partial charge in [-0.3, -0.25) is 4.79 Å². The average Bonchev–Trinajstić information content (AvgIpc) is 2.21. The third-order valence-corrected chi connectivity index (χ3v) is 2.95. The van der Waals surface area contributed by atoms with Crippen LogP contribution in [0, 0.1) is 5.92 Å². The summed E-state index contributed by atoms with van der Waals surface area (Å²) in [4.78, 5) is 11.5. The maximum atomic E-state index is 11.5. The molecule has 4 nitrogen and oxygen atoms in total. The number of ether oxygens (including phenoxy) is 2. The fourth-order valence-corrected chi connectivity index (χ4v) is 1.94. The van der Waals surface area contributed by atoms with Crippen LogP contribution >= 0.6 is 0 Å². The van der Waals surface area contributed by atoms with Gasteiger partial charge in [-0.05, 0) is 25.2 Å². The van der Waals surface area contributed by atoms with Gasteiger partial charge < -0.3 is 15.2 Å². The van der Waals surface area contributed by atoms with Crippen LogP contribution < -0.4 is 5.73 Å². The molecule has 0 aromatic heterocycles. The summed E-state index contributed by atoms with van der Waals surface area (Å²) < 4.78 is 10.2. The Balaban J connectivity index is 2.35. The largest absolute Gasteiger partial charge is 0.461 e. The molecule has 3 unspecified atom stereocenters. The van der Waals surface area contributed by atoms with Gasteiger partial charge in [0.2, 0.25) is 0 Å². The summed E-state index contributed by atoms with van der Waals surface area (Å²) in [5, 5.41) is 0. The minimum Gasteiger partial charge on any atom is -0.461 e. The highest BCUT2D eigenvalue weighted by molar-refractivity contribution is 5.75. The van der Waals surface area contributed by atoms with Crippen LogP contribution in [0.15, 0.2) is 0 Å². The first-order valence-corrected chi connectivity index (χ1v) is 5.60. The monoisotopic (exact) mass is 215 g/mol. The molecule has 0 spiro atoms. The number of nitrogens with two attached hydrogens (primary N) is 1. The summed E-state index contributed by atoms with van der Waals surface area (Å²) in [5.74, 6) is 0.119. The lowest BCUT2D eigenvalue weighted by Crippen LogP contribution is -2.40. The molecule has 1 fully saturated rings. The molecule has 1 rings (SSSR count). The molecule has 0 saturated heterocycles. The minimum atomic E-state index is -0.649. The molecule has 1 aliphatic carbocycles. The van der Waals surface area contributed by atoms with Crippen molar-refractivity contribution < 1.29 is 14.3 Å². The molecule has 1 saturated carbocycles. The Morgan fingerprint density at radius 1 is 1.47 bits per heavy atom. The fourth-order valence-electron chi connectivity index (χ4n) is 1.94. The van der Waals surface area contributed by atoms with E-state index in [4.69, 9.17) is 15.2 Å². The van der Waals surface area contributed by atoms with Crippen LogP contribution in [0.5, 0.6) is 0 Å². The van der Waals surface area contributed by atoms with Gasteiger partial charge in [-0.15, -0.1) is 0 Å². The zero-order valence-corrected chi connectivity index (χ0v) is 9.57. The Labute approximate surface area is 91.1 Å². The van der Waals surface area contributed by atoms with Crippen molar-refractivity contribution in [2.45, 2.75) is 44.8 Å². The Morgan fingerprint density at radius 2 is 2.13 bits per heavy atom. The standard InChI is InChI=1S/C11H21NO3/c1-8-5-3-4-6-10(8)15-11(13)9(12)7-14-2/h8-10H,3-7,12H2,1-2H3. The van der Waals surface area contributed by atoms with Crippen molar-refractivity contribution in [1.29, 1.82) is 0 Å². The number of esters is 1. The lowest BCUT2D eigenvalue weighted by atomic mass is 9.88. The second-order valence-corrected chi connectivity index (χ2v) is 4.30. The highest BCUT2D eigenvalue weighted by Crippen LogP contribution is 2.26. The second kappa shape index (κ2) is 6.08.